The lowest BCUT2D eigenvalue weighted by Gasteiger charge is -2.16. The molecule has 0 amide bonds. The van der Waals surface area contributed by atoms with E-state index < -0.39 is 0 Å². The quantitative estimate of drug-likeness (QED) is 0.250. The summed E-state index contributed by atoms with van der Waals surface area (Å²) in [6.07, 6.45) is 0.667. The van der Waals surface area contributed by atoms with Crippen LogP contribution in [0, 0.1) is 26.6 Å². The molecule has 0 radical (unpaired) electrons. The maximum absolute atomic E-state index is 14.1. The molecule has 5 rings (SSSR count). The molecule has 0 saturated carbocycles. The first-order valence-corrected chi connectivity index (χ1v) is 13.0. The molecule has 0 fully saturated rings. The Bertz CT molecular complexity index is 1570. The Balaban J connectivity index is 1.65. The van der Waals surface area contributed by atoms with Crippen LogP contribution in [-0.4, -0.2) is 14.5 Å². The van der Waals surface area contributed by atoms with Crippen LogP contribution in [0.4, 0.5) is 4.39 Å². The van der Waals surface area contributed by atoms with Gasteiger partial charge in [-0.1, -0.05) is 42.5 Å². The summed E-state index contributed by atoms with van der Waals surface area (Å²) in [5.41, 5.74) is 4.85. The van der Waals surface area contributed by atoms with Gasteiger partial charge in [0.25, 0.3) is 5.56 Å². The van der Waals surface area contributed by atoms with Gasteiger partial charge in [-0.25, -0.2) is 14.4 Å². The van der Waals surface area contributed by atoms with Crippen LogP contribution >= 0.6 is 22.7 Å². The predicted molar refractivity (Wildman–Crippen MR) is 143 cm³/mol. The summed E-state index contributed by atoms with van der Waals surface area (Å²) in [7, 11) is 0. The third-order valence-corrected chi connectivity index (χ3v) is 7.97. The van der Waals surface area contributed by atoms with Crippen molar-refractivity contribution in [3.05, 3.63) is 104 Å². The monoisotopic (exact) mass is 501 g/mol. The van der Waals surface area contributed by atoms with E-state index >= 15 is 0 Å². The van der Waals surface area contributed by atoms with Gasteiger partial charge in [0.1, 0.15) is 16.6 Å². The summed E-state index contributed by atoms with van der Waals surface area (Å²) in [4.78, 5) is 25.4. The molecule has 0 bridgehead atoms. The van der Waals surface area contributed by atoms with Crippen LogP contribution < -0.4 is 5.56 Å². The molecule has 5 aromatic rings. The first kappa shape index (κ1) is 23.3. The Morgan fingerprint density at radius 3 is 2.49 bits per heavy atom. The van der Waals surface area contributed by atoms with Gasteiger partial charge in [-0.3, -0.25) is 9.36 Å². The molecular formula is C28H24FN3OS2. The average Bonchev–Trinajstić information content (AvgIpc) is 3.44. The molecule has 0 saturated heterocycles. The summed E-state index contributed by atoms with van der Waals surface area (Å²) < 4.78 is 15.8. The van der Waals surface area contributed by atoms with Crippen molar-refractivity contribution in [1.29, 1.82) is 0 Å². The van der Waals surface area contributed by atoms with Gasteiger partial charge in [0.15, 0.2) is 0 Å². The zero-order valence-corrected chi connectivity index (χ0v) is 21.3. The van der Waals surface area contributed by atoms with E-state index in [1.54, 1.807) is 39.4 Å². The van der Waals surface area contributed by atoms with Crippen LogP contribution in [0.15, 0.2) is 70.8 Å². The van der Waals surface area contributed by atoms with Crippen molar-refractivity contribution in [2.75, 3.05) is 0 Å². The van der Waals surface area contributed by atoms with Crippen LogP contribution in [0.1, 0.15) is 21.8 Å². The SMILES string of the molecule is Cc1csc(-c2cc(-c3c(C)nc(-c4cccc(F)c4)n(CCc4ccccc4)c3=O)sc2C)n1. The summed E-state index contributed by atoms with van der Waals surface area (Å²) >= 11 is 3.19. The van der Waals surface area contributed by atoms with Crippen LogP contribution in [0.5, 0.6) is 0 Å². The number of hydrogen-bond donors (Lipinski definition) is 0. The van der Waals surface area contributed by atoms with Crippen molar-refractivity contribution < 1.29 is 4.39 Å². The molecular weight excluding hydrogens is 477 g/mol. The van der Waals surface area contributed by atoms with Gasteiger partial charge in [0, 0.05) is 38.5 Å². The lowest BCUT2D eigenvalue weighted by Crippen LogP contribution is -2.27. The Morgan fingerprint density at radius 1 is 0.971 bits per heavy atom. The lowest BCUT2D eigenvalue weighted by atomic mass is 10.1. The van der Waals surface area contributed by atoms with Crippen LogP contribution in [0.25, 0.3) is 32.4 Å². The summed E-state index contributed by atoms with van der Waals surface area (Å²) in [6.45, 7) is 6.33. The molecule has 0 aliphatic heterocycles. The van der Waals surface area contributed by atoms with E-state index in [0.29, 0.717) is 35.6 Å². The first-order valence-electron chi connectivity index (χ1n) is 11.4. The third-order valence-electron chi connectivity index (χ3n) is 5.91. The number of benzene rings is 2. The second-order valence-corrected chi connectivity index (χ2v) is 10.6. The van der Waals surface area contributed by atoms with E-state index in [1.165, 1.54) is 12.1 Å². The first-order chi connectivity index (χ1) is 16.9. The molecule has 176 valence electrons. The predicted octanol–water partition coefficient (Wildman–Crippen LogP) is 7.07. The molecule has 7 heteroatoms. The number of rotatable bonds is 6. The molecule has 0 N–H and O–H groups in total. The number of halogens is 1. The van der Waals surface area contributed by atoms with E-state index in [-0.39, 0.29) is 11.4 Å². The molecule has 0 aliphatic carbocycles. The van der Waals surface area contributed by atoms with Gasteiger partial charge in [-0.05, 0) is 51.0 Å². The molecule has 3 aromatic heterocycles. The highest BCUT2D eigenvalue weighted by Gasteiger charge is 2.21. The number of aryl methyl sites for hydroxylation is 4. The van der Waals surface area contributed by atoms with Crippen LogP contribution in [0.3, 0.4) is 0 Å². The molecule has 0 atom stereocenters. The number of thiophene rings is 1. The maximum atomic E-state index is 14.1. The van der Waals surface area contributed by atoms with Gasteiger partial charge in [0.05, 0.1) is 11.3 Å². The van der Waals surface area contributed by atoms with Gasteiger partial charge >= 0.3 is 0 Å². The van der Waals surface area contributed by atoms with Gasteiger partial charge in [0.2, 0.25) is 0 Å². The minimum atomic E-state index is -0.356. The standard InChI is InChI=1S/C28H24FN3OS2/c1-17-16-34-27(30-17)23-15-24(35-19(23)3)25-18(2)31-26(21-10-7-11-22(29)14-21)32(28(25)33)13-12-20-8-5-4-6-9-20/h4-11,14-16H,12-13H2,1-3H3. The second-order valence-electron chi connectivity index (χ2n) is 8.47. The third kappa shape index (κ3) is 4.74. The fourth-order valence-corrected chi connectivity index (χ4v) is 6.23. The molecule has 2 aromatic carbocycles. The van der Waals surface area contributed by atoms with E-state index in [9.17, 15) is 9.18 Å². The summed E-state index contributed by atoms with van der Waals surface area (Å²) in [5.74, 6) is 0.126. The lowest BCUT2D eigenvalue weighted by molar-refractivity contribution is 0.626. The molecule has 0 aliphatic rings. The Kier molecular flexibility index (Phi) is 6.45. The molecule has 0 spiro atoms. The van der Waals surface area contributed by atoms with Crippen molar-refractivity contribution in [3.63, 3.8) is 0 Å². The Hall–Kier alpha value is -3.42. The van der Waals surface area contributed by atoms with Crippen molar-refractivity contribution >= 4 is 22.7 Å². The van der Waals surface area contributed by atoms with Crippen LogP contribution in [0.2, 0.25) is 0 Å². The highest BCUT2D eigenvalue weighted by atomic mass is 32.1. The molecule has 3 heterocycles. The van der Waals surface area contributed by atoms with E-state index in [0.717, 1.165) is 31.6 Å². The minimum absolute atomic E-state index is 0.115. The van der Waals surface area contributed by atoms with E-state index in [2.05, 4.69) is 11.9 Å². The average molecular weight is 502 g/mol. The Morgan fingerprint density at radius 2 is 1.77 bits per heavy atom. The summed E-state index contributed by atoms with van der Waals surface area (Å²) in [5, 5.41) is 2.98. The van der Waals surface area contributed by atoms with Gasteiger partial charge < -0.3 is 0 Å². The van der Waals surface area contributed by atoms with Crippen molar-refractivity contribution in [3.8, 4) is 32.4 Å². The molecule has 35 heavy (non-hydrogen) atoms. The number of hydrogen-bond acceptors (Lipinski definition) is 5. The van der Waals surface area contributed by atoms with Gasteiger partial charge in [-0.2, -0.15) is 0 Å². The van der Waals surface area contributed by atoms with Crippen LogP contribution in [-0.2, 0) is 13.0 Å². The second kappa shape index (κ2) is 9.68. The van der Waals surface area contributed by atoms with Crippen molar-refractivity contribution in [2.45, 2.75) is 33.7 Å². The smallest absolute Gasteiger partial charge is 0.262 e. The van der Waals surface area contributed by atoms with E-state index in [4.69, 9.17) is 4.98 Å². The molecule has 4 nitrogen and oxygen atoms in total. The highest BCUT2D eigenvalue weighted by molar-refractivity contribution is 7.17. The van der Waals surface area contributed by atoms with Crippen molar-refractivity contribution in [2.24, 2.45) is 0 Å². The fourth-order valence-electron chi connectivity index (χ4n) is 4.18. The summed E-state index contributed by atoms with van der Waals surface area (Å²) in [6, 6.07) is 18.3. The molecule has 0 unspecified atom stereocenters. The number of aromatic nitrogens is 3. The number of nitrogens with zero attached hydrogens (tertiary/aromatic N) is 3. The fraction of sp³-hybridized carbons (Fsp3) is 0.179. The minimum Gasteiger partial charge on any atom is -0.292 e. The number of thiazole rings is 1. The Labute approximate surface area is 211 Å². The maximum Gasteiger partial charge on any atom is 0.262 e. The van der Waals surface area contributed by atoms with Gasteiger partial charge in [-0.15, -0.1) is 22.7 Å². The highest BCUT2D eigenvalue weighted by Crippen LogP contribution is 2.38. The largest absolute Gasteiger partial charge is 0.292 e. The zero-order chi connectivity index (χ0) is 24.5. The topological polar surface area (TPSA) is 47.8 Å². The van der Waals surface area contributed by atoms with Crippen molar-refractivity contribution in [1.82, 2.24) is 14.5 Å². The zero-order valence-electron chi connectivity index (χ0n) is 19.7. The van der Waals surface area contributed by atoms with E-state index in [1.807, 2.05) is 55.6 Å². The normalized spacial score (nSPS) is 11.2.